The molecule has 0 aromatic rings. The van der Waals surface area contributed by atoms with Crippen LogP contribution in [0.1, 0.15) is 194 Å². The van der Waals surface area contributed by atoms with Crippen molar-refractivity contribution in [3.8, 4) is 0 Å². The molecular formula is C60H92O6. The zero-order valence-corrected chi connectivity index (χ0v) is 41.9. The highest BCUT2D eigenvalue weighted by atomic mass is 16.6. The summed E-state index contributed by atoms with van der Waals surface area (Å²) in [5.74, 6) is -0.986. The Morgan fingerprint density at radius 3 is 1.03 bits per heavy atom. The summed E-state index contributed by atoms with van der Waals surface area (Å²) in [7, 11) is 0. The van der Waals surface area contributed by atoms with Gasteiger partial charge in [-0.1, -0.05) is 237 Å². The average molecular weight is 909 g/mol. The lowest BCUT2D eigenvalue weighted by Gasteiger charge is -2.18. The molecule has 1 atom stereocenters. The Kier molecular flexibility index (Phi) is 49.1. The van der Waals surface area contributed by atoms with Crippen LogP contribution in [-0.4, -0.2) is 37.2 Å². The molecule has 6 nitrogen and oxygen atoms in total. The Bertz CT molecular complexity index is 1510. The van der Waals surface area contributed by atoms with Gasteiger partial charge in [0, 0.05) is 19.3 Å². The number of unbranched alkanes of at least 4 members (excludes halogenated alkanes) is 17. The second-order valence-corrected chi connectivity index (χ2v) is 16.5. The van der Waals surface area contributed by atoms with Crippen LogP contribution >= 0.6 is 0 Å². The monoisotopic (exact) mass is 909 g/mol. The maximum atomic E-state index is 12.8. The molecule has 0 saturated heterocycles. The quantitative estimate of drug-likeness (QED) is 0.0199. The van der Waals surface area contributed by atoms with E-state index in [1.807, 2.05) is 72.9 Å². The van der Waals surface area contributed by atoms with Crippen molar-refractivity contribution in [3.05, 3.63) is 146 Å². The molecule has 6 heteroatoms. The van der Waals surface area contributed by atoms with Crippen LogP contribution in [0.5, 0.6) is 0 Å². The van der Waals surface area contributed by atoms with E-state index in [0.717, 1.165) is 109 Å². The van der Waals surface area contributed by atoms with Gasteiger partial charge >= 0.3 is 17.9 Å². The smallest absolute Gasteiger partial charge is 0.306 e. The third-order valence-electron chi connectivity index (χ3n) is 10.3. The van der Waals surface area contributed by atoms with E-state index < -0.39 is 6.10 Å². The number of ether oxygens (including phenoxy) is 3. The van der Waals surface area contributed by atoms with Crippen molar-refractivity contribution in [2.75, 3.05) is 13.2 Å². The van der Waals surface area contributed by atoms with E-state index in [-0.39, 0.29) is 31.1 Å². The lowest BCUT2D eigenvalue weighted by molar-refractivity contribution is -0.167. The van der Waals surface area contributed by atoms with E-state index in [2.05, 4.69) is 93.7 Å². The van der Waals surface area contributed by atoms with Gasteiger partial charge in [-0.25, -0.2) is 0 Å². The van der Waals surface area contributed by atoms with Gasteiger partial charge in [0.1, 0.15) is 13.2 Å². The number of rotatable bonds is 44. The number of hydrogen-bond acceptors (Lipinski definition) is 6. The summed E-state index contributed by atoms with van der Waals surface area (Å²) >= 11 is 0. The predicted octanol–water partition coefficient (Wildman–Crippen LogP) is 17.3. The summed E-state index contributed by atoms with van der Waals surface area (Å²) in [5, 5.41) is 0. The number of hydrogen-bond donors (Lipinski definition) is 0. The Morgan fingerprint density at radius 1 is 0.318 bits per heavy atom. The normalized spacial score (nSPS) is 13.3. The third kappa shape index (κ3) is 50.3. The Labute approximate surface area is 404 Å². The van der Waals surface area contributed by atoms with Gasteiger partial charge in [0.05, 0.1) is 0 Å². The first kappa shape index (κ1) is 61.3. The largest absolute Gasteiger partial charge is 0.462 e. The molecule has 0 aromatic heterocycles. The minimum absolute atomic E-state index is 0.109. The first-order valence-electron chi connectivity index (χ1n) is 26.0. The van der Waals surface area contributed by atoms with E-state index >= 15 is 0 Å². The molecular weight excluding hydrogens is 817 g/mol. The molecule has 0 amide bonds. The zero-order chi connectivity index (χ0) is 47.9. The highest BCUT2D eigenvalue weighted by molar-refractivity contribution is 5.71. The van der Waals surface area contributed by atoms with Crippen molar-refractivity contribution in [1.82, 2.24) is 0 Å². The molecule has 0 aliphatic carbocycles. The first-order chi connectivity index (χ1) is 32.5. The van der Waals surface area contributed by atoms with E-state index in [0.29, 0.717) is 19.3 Å². The Morgan fingerprint density at radius 2 is 0.621 bits per heavy atom. The van der Waals surface area contributed by atoms with Gasteiger partial charge in [-0.05, 0) is 83.5 Å². The molecule has 0 saturated carbocycles. The summed E-state index contributed by atoms with van der Waals surface area (Å²) in [5.41, 5.74) is 0. The summed E-state index contributed by atoms with van der Waals surface area (Å²) in [6.45, 7) is 6.18. The number of esters is 3. The van der Waals surface area contributed by atoms with E-state index in [4.69, 9.17) is 14.2 Å². The topological polar surface area (TPSA) is 78.9 Å². The third-order valence-corrected chi connectivity index (χ3v) is 10.3. The highest BCUT2D eigenvalue weighted by Crippen LogP contribution is 2.14. The summed E-state index contributed by atoms with van der Waals surface area (Å²) in [6.07, 6.45) is 75.4. The van der Waals surface area contributed by atoms with Gasteiger partial charge in [-0.3, -0.25) is 14.4 Å². The molecule has 368 valence electrons. The Balaban J connectivity index is 4.55. The average Bonchev–Trinajstić information content (AvgIpc) is 3.31. The van der Waals surface area contributed by atoms with Crippen LogP contribution in [0.2, 0.25) is 0 Å². The van der Waals surface area contributed by atoms with Crippen molar-refractivity contribution in [2.24, 2.45) is 0 Å². The highest BCUT2D eigenvalue weighted by Gasteiger charge is 2.19. The molecule has 0 radical (unpaired) electrons. The second kappa shape index (κ2) is 52.9. The summed E-state index contributed by atoms with van der Waals surface area (Å²) in [4.78, 5) is 38.0. The van der Waals surface area contributed by atoms with Crippen LogP contribution in [-0.2, 0) is 28.6 Å². The fraction of sp³-hybridized carbons (Fsp3) is 0.550. The standard InChI is InChI=1S/C60H92O6/c1-4-7-10-13-16-19-22-25-28-29-30-31-33-35-38-41-44-47-50-53-59(62)65-56-57(55-64-58(61)52-49-46-43-40-37-34-27-24-21-18-15-12-9-6-3)66-60(63)54-51-48-45-42-39-36-32-26-23-20-17-14-11-8-5-2/h7-14,16-23,25,28-31,33,35,38,57H,4-6,15,24,26-27,32,34,36-37,39-56H2,1-3H3/b10-7-,11-8-,12-9-,16-13-,17-14-,21-18-,22-19-,23-20-,28-25-,30-29+,33-31-,38-35-. The molecule has 0 spiro atoms. The molecule has 0 aliphatic rings. The van der Waals surface area contributed by atoms with Crippen LogP contribution in [0, 0.1) is 0 Å². The molecule has 0 aromatic carbocycles. The van der Waals surface area contributed by atoms with Gasteiger partial charge in [0.15, 0.2) is 6.10 Å². The van der Waals surface area contributed by atoms with Gasteiger partial charge in [-0.15, -0.1) is 0 Å². The predicted molar refractivity (Wildman–Crippen MR) is 283 cm³/mol. The molecule has 66 heavy (non-hydrogen) atoms. The molecule has 0 rings (SSSR count). The second-order valence-electron chi connectivity index (χ2n) is 16.5. The van der Waals surface area contributed by atoms with Crippen molar-refractivity contribution in [3.63, 3.8) is 0 Å². The SMILES string of the molecule is CC\C=C/C=C\C=C/C=C\C=C\C=C/C=C\CCCCCC(=O)OCC(COC(=O)CCCCCCCCC/C=C\C/C=C\CC)OC(=O)CCCCCCCCC\C=C/C=C\C=C/CC. The van der Waals surface area contributed by atoms with Crippen molar-refractivity contribution in [2.45, 2.75) is 200 Å². The number of carbonyl (C=O) groups is 3. The molecule has 0 bridgehead atoms. The first-order valence-corrected chi connectivity index (χ1v) is 26.0. The van der Waals surface area contributed by atoms with Gasteiger partial charge in [-0.2, -0.15) is 0 Å². The zero-order valence-electron chi connectivity index (χ0n) is 41.9. The minimum Gasteiger partial charge on any atom is -0.462 e. The van der Waals surface area contributed by atoms with E-state index in [1.165, 1.54) is 44.9 Å². The fourth-order valence-corrected chi connectivity index (χ4v) is 6.52. The summed E-state index contributed by atoms with van der Waals surface area (Å²) in [6, 6.07) is 0. The van der Waals surface area contributed by atoms with Gasteiger partial charge < -0.3 is 14.2 Å². The van der Waals surface area contributed by atoms with Gasteiger partial charge in [0.25, 0.3) is 0 Å². The molecule has 0 heterocycles. The van der Waals surface area contributed by atoms with Crippen LogP contribution < -0.4 is 0 Å². The maximum absolute atomic E-state index is 12.8. The van der Waals surface area contributed by atoms with Crippen LogP contribution in [0.25, 0.3) is 0 Å². The van der Waals surface area contributed by atoms with Gasteiger partial charge in [0.2, 0.25) is 0 Å². The molecule has 0 aliphatic heterocycles. The number of allylic oxidation sites excluding steroid dienone is 24. The van der Waals surface area contributed by atoms with Crippen molar-refractivity contribution >= 4 is 17.9 Å². The van der Waals surface area contributed by atoms with Crippen LogP contribution in [0.15, 0.2) is 146 Å². The van der Waals surface area contributed by atoms with Crippen LogP contribution in [0.4, 0.5) is 0 Å². The molecule has 0 fully saturated rings. The van der Waals surface area contributed by atoms with Crippen molar-refractivity contribution < 1.29 is 28.6 Å². The number of carbonyl (C=O) groups excluding carboxylic acids is 3. The lowest BCUT2D eigenvalue weighted by atomic mass is 10.1. The maximum Gasteiger partial charge on any atom is 0.306 e. The van der Waals surface area contributed by atoms with Crippen LogP contribution in [0.3, 0.4) is 0 Å². The molecule has 1 unspecified atom stereocenters. The molecule has 0 N–H and O–H groups in total. The van der Waals surface area contributed by atoms with Crippen molar-refractivity contribution in [1.29, 1.82) is 0 Å². The minimum atomic E-state index is -0.813. The lowest BCUT2D eigenvalue weighted by Crippen LogP contribution is -2.30. The van der Waals surface area contributed by atoms with E-state index in [9.17, 15) is 14.4 Å². The fourth-order valence-electron chi connectivity index (χ4n) is 6.52. The Hall–Kier alpha value is -4.71. The van der Waals surface area contributed by atoms with E-state index in [1.54, 1.807) is 0 Å². The summed E-state index contributed by atoms with van der Waals surface area (Å²) < 4.78 is 16.8.